The summed E-state index contributed by atoms with van der Waals surface area (Å²) in [6, 6.07) is 23.3. The normalized spacial score (nSPS) is 12.1. The van der Waals surface area contributed by atoms with Crippen LogP contribution in [-0.4, -0.2) is 34.0 Å². The van der Waals surface area contributed by atoms with Crippen LogP contribution in [0, 0.1) is 12.7 Å². The highest BCUT2D eigenvalue weighted by Gasteiger charge is 2.32. The van der Waals surface area contributed by atoms with Gasteiger partial charge in [-0.1, -0.05) is 72.3 Å². The van der Waals surface area contributed by atoms with Crippen LogP contribution in [0.5, 0.6) is 0 Å². The lowest BCUT2D eigenvalue weighted by molar-refractivity contribution is -0.140. The van der Waals surface area contributed by atoms with Crippen molar-refractivity contribution >= 4 is 23.6 Å². The third-order valence-corrected chi connectivity index (χ3v) is 6.64. The quantitative estimate of drug-likeness (QED) is 0.371. The molecule has 1 atom stereocenters. The van der Waals surface area contributed by atoms with E-state index in [1.165, 1.54) is 29.5 Å². The summed E-state index contributed by atoms with van der Waals surface area (Å²) in [6.45, 7) is 8.04. The molecule has 3 aromatic rings. The Morgan fingerprint density at radius 3 is 2.11 bits per heavy atom. The summed E-state index contributed by atoms with van der Waals surface area (Å²) in [6.07, 6.45) is 0.387. The van der Waals surface area contributed by atoms with Crippen LogP contribution in [0.2, 0.25) is 0 Å². The maximum Gasteiger partial charge on any atom is 0.243 e. The van der Waals surface area contributed by atoms with Gasteiger partial charge in [0.25, 0.3) is 0 Å². The van der Waals surface area contributed by atoms with Gasteiger partial charge in [-0.05, 0) is 56.5 Å². The first-order chi connectivity index (χ1) is 17.1. The Bertz CT molecular complexity index is 1130. The standard InChI is InChI=1S/C30H35FN2O2S/c1-22-10-12-25(13-11-22)20-36-21-28(34)33(19-24-14-16-26(31)17-15-24)27(29(35)32-30(2,3)4)18-23-8-6-5-7-9-23/h5-17,27H,18-21H2,1-4H3,(H,32,35). The lowest BCUT2D eigenvalue weighted by Gasteiger charge is -2.34. The van der Waals surface area contributed by atoms with Crippen molar-refractivity contribution in [1.29, 1.82) is 0 Å². The molecule has 6 heteroatoms. The average Bonchev–Trinajstić information content (AvgIpc) is 2.83. The topological polar surface area (TPSA) is 49.4 Å². The monoisotopic (exact) mass is 506 g/mol. The lowest BCUT2D eigenvalue weighted by atomic mass is 10.0. The van der Waals surface area contributed by atoms with E-state index in [9.17, 15) is 14.0 Å². The third-order valence-electron chi connectivity index (χ3n) is 5.65. The molecule has 1 N–H and O–H groups in total. The Labute approximate surface area is 218 Å². The highest BCUT2D eigenvalue weighted by Crippen LogP contribution is 2.19. The fraction of sp³-hybridized carbons (Fsp3) is 0.333. The molecule has 3 aromatic carbocycles. The summed E-state index contributed by atoms with van der Waals surface area (Å²) in [4.78, 5) is 28.8. The minimum atomic E-state index is -0.704. The summed E-state index contributed by atoms with van der Waals surface area (Å²) in [5.74, 6) is 0.278. The second-order valence-electron chi connectivity index (χ2n) is 10.1. The number of nitrogens with one attached hydrogen (secondary N) is 1. The fourth-order valence-corrected chi connectivity index (χ4v) is 4.69. The Hall–Kier alpha value is -3.12. The van der Waals surface area contributed by atoms with Gasteiger partial charge in [-0.3, -0.25) is 9.59 Å². The molecule has 4 nitrogen and oxygen atoms in total. The van der Waals surface area contributed by atoms with Crippen LogP contribution in [0.15, 0.2) is 78.9 Å². The van der Waals surface area contributed by atoms with E-state index in [-0.39, 0.29) is 29.9 Å². The van der Waals surface area contributed by atoms with Gasteiger partial charge >= 0.3 is 0 Å². The number of hydrogen-bond acceptors (Lipinski definition) is 3. The maximum atomic E-state index is 13.6. The van der Waals surface area contributed by atoms with Crippen LogP contribution in [0.25, 0.3) is 0 Å². The first kappa shape index (κ1) is 27.5. The van der Waals surface area contributed by atoms with Crippen molar-refractivity contribution in [2.24, 2.45) is 0 Å². The summed E-state index contributed by atoms with van der Waals surface area (Å²) >= 11 is 1.53. The fourth-order valence-electron chi connectivity index (χ4n) is 3.82. The van der Waals surface area contributed by atoms with E-state index in [4.69, 9.17) is 0 Å². The zero-order chi connectivity index (χ0) is 26.1. The van der Waals surface area contributed by atoms with Crippen LogP contribution in [-0.2, 0) is 28.3 Å². The van der Waals surface area contributed by atoms with Crippen LogP contribution in [0.1, 0.15) is 43.0 Å². The molecule has 0 spiro atoms. The van der Waals surface area contributed by atoms with Crippen molar-refractivity contribution in [2.45, 2.75) is 58.0 Å². The van der Waals surface area contributed by atoms with Crippen molar-refractivity contribution < 1.29 is 14.0 Å². The Morgan fingerprint density at radius 2 is 1.50 bits per heavy atom. The van der Waals surface area contributed by atoms with Gasteiger partial charge < -0.3 is 10.2 Å². The van der Waals surface area contributed by atoms with E-state index in [2.05, 4.69) is 29.6 Å². The summed E-state index contributed by atoms with van der Waals surface area (Å²) in [5, 5.41) is 3.06. The van der Waals surface area contributed by atoms with Crippen molar-refractivity contribution in [3.05, 3.63) is 107 Å². The highest BCUT2D eigenvalue weighted by atomic mass is 32.2. The molecular formula is C30H35FN2O2S. The van der Waals surface area contributed by atoms with Gasteiger partial charge in [0.05, 0.1) is 5.75 Å². The largest absolute Gasteiger partial charge is 0.350 e. The number of amides is 2. The van der Waals surface area contributed by atoms with E-state index in [0.29, 0.717) is 12.2 Å². The molecule has 0 fully saturated rings. The van der Waals surface area contributed by atoms with Crippen LogP contribution in [0.3, 0.4) is 0 Å². The van der Waals surface area contributed by atoms with E-state index in [0.717, 1.165) is 16.7 Å². The van der Waals surface area contributed by atoms with Gasteiger partial charge in [0.2, 0.25) is 11.8 Å². The number of rotatable bonds is 10. The molecular weight excluding hydrogens is 471 g/mol. The van der Waals surface area contributed by atoms with Crippen molar-refractivity contribution in [3.63, 3.8) is 0 Å². The maximum absolute atomic E-state index is 13.6. The predicted octanol–water partition coefficient (Wildman–Crippen LogP) is 5.92. The van der Waals surface area contributed by atoms with E-state index in [1.807, 2.05) is 58.0 Å². The van der Waals surface area contributed by atoms with Crippen LogP contribution < -0.4 is 5.32 Å². The van der Waals surface area contributed by atoms with Gasteiger partial charge in [-0.2, -0.15) is 0 Å². The average molecular weight is 507 g/mol. The predicted molar refractivity (Wildman–Crippen MR) is 146 cm³/mol. The van der Waals surface area contributed by atoms with Crippen LogP contribution >= 0.6 is 11.8 Å². The molecule has 0 aliphatic carbocycles. The minimum absolute atomic E-state index is 0.124. The molecule has 0 heterocycles. The minimum Gasteiger partial charge on any atom is -0.350 e. The zero-order valence-corrected chi connectivity index (χ0v) is 22.3. The molecule has 36 heavy (non-hydrogen) atoms. The Morgan fingerprint density at radius 1 is 0.889 bits per heavy atom. The van der Waals surface area contributed by atoms with Crippen molar-refractivity contribution in [1.82, 2.24) is 10.2 Å². The number of aryl methyl sites for hydroxylation is 1. The number of thioether (sulfide) groups is 1. The van der Waals surface area contributed by atoms with Gasteiger partial charge in [-0.25, -0.2) is 4.39 Å². The SMILES string of the molecule is Cc1ccc(CSCC(=O)N(Cc2ccc(F)cc2)C(Cc2ccccc2)C(=O)NC(C)(C)C)cc1. The first-order valence-corrected chi connectivity index (χ1v) is 13.3. The first-order valence-electron chi connectivity index (χ1n) is 12.1. The molecule has 3 rings (SSSR count). The van der Waals surface area contributed by atoms with Crippen molar-refractivity contribution in [3.8, 4) is 0 Å². The van der Waals surface area contributed by atoms with Gasteiger partial charge in [-0.15, -0.1) is 11.8 Å². The molecule has 2 amide bonds. The third kappa shape index (κ3) is 8.83. The lowest BCUT2D eigenvalue weighted by Crippen LogP contribution is -2.54. The molecule has 0 radical (unpaired) electrons. The Balaban J connectivity index is 1.85. The van der Waals surface area contributed by atoms with E-state index in [1.54, 1.807) is 17.0 Å². The highest BCUT2D eigenvalue weighted by molar-refractivity contribution is 7.99. The molecule has 190 valence electrons. The molecule has 0 saturated carbocycles. The number of carbonyl (C=O) groups is 2. The molecule has 0 aliphatic heterocycles. The number of carbonyl (C=O) groups excluding carboxylic acids is 2. The van der Waals surface area contributed by atoms with Gasteiger partial charge in [0.1, 0.15) is 11.9 Å². The van der Waals surface area contributed by atoms with Gasteiger partial charge in [0, 0.05) is 24.3 Å². The summed E-state index contributed by atoms with van der Waals surface area (Å²) in [5.41, 5.74) is 3.64. The molecule has 0 saturated heterocycles. The smallest absolute Gasteiger partial charge is 0.243 e. The van der Waals surface area contributed by atoms with E-state index < -0.39 is 11.6 Å². The number of benzene rings is 3. The zero-order valence-electron chi connectivity index (χ0n) is 21.5. The molecule has 0 aliphatic rings. The van der Waals surface area contributed by atoms with E-state index >= 15 is 0 Å². The molecule has 0 bridgehead atoms. The summed E-state index contributed by atoms with van der Waals surface area (Å²) < 4.78 is 13.5. The number of nitrogens with zero attached hydrogens (tertiary/aromatic N) is 1. The molecule has 1 unspecified atom stereocenters. The van der Waals surface area contributed by atoms with Crippen molar-refractivity contribution in [2.75, 3.05) is 5.75 Å². The number of halogens is 1. The molecule has 0 aromatic heterocycles. The Kier molecular flexibility index (Phi) is 9.71. The number of hydrogen-bond donors (Lipinski definition) is 1. The van der Waals surface area contributed by atoms with Crippen LogP contribution in [0.4, 0.5) is 4.39 Å². The summed E-state index contributed by atoms with van der Waals surface area (Å²) in [7, 11) is 0. The van der Waals surface area contributed by atoms with Gasteiger partial charge in [0.15, 0.2) is 0 Å². The second-order valence-corrected chi connectivity index (χ2v) is 11.1. The second kappa shape index (κ2) is 12.7.